The maximum Gasteiger partial charge on any atom is 0.151 e. The molecule has 0 amide bonds. The number of nitrogens with two attached hydrogens (primary N) is 1. The SMILES string of the molecule is CCOc1ccccc1.CCn1c(C)nc2c(N)nc(C)c(C)c21. The molecule has 0 saturated carbocycles. The number of anilines is 1. The minimum Gasteiger partial charge on any atom is -0.494 e. The molecule has 0 fully saturated rings. The first-order chi connectivity index (χ1) is 11.5. The molecule has 2 aromatic heterocycles. The molecule has 2 N–H and O–H groups in total. The summed E-state index contributed by atoms with van der Waals surface area (Å²) in [6.07, 6.45) is 0. The zero-order valence-corrected chi connectivity index (χ0v) is 15.1. The zero-order valence-electron chi connectivity index (χ0n) is 15.1. The predicted octanol–water partition coefficient (Wildman–Crippen LogP) is 4.04. The average molecular weight is 326 g/mol. The standard InChI is InChI=1S/C11H16N4.C8H10O/c1-5-15-8(4)14-9-10(15)6(2)7(3)13-11(9)12;1-2-9-8-6-4-3-5-7-8/h5H2,1-4H3,(H2,12,13);3-7H,2H2,1H3. The van der Waals surface area contributed by atoms with E-state index in [2.05, 4.69) is 28.4 Å². The van der Waals surface area contributed by atoms with Crippen molar-refractivity contribution in [3.63, 3.8) is 0 Å². The average Bonchev–Trinajstić information content (AvgIpc) is 2.92. The lowest BCUT2D eigenvalue weighted by Gasteiger charge is -2.07. The summed E-state index contributed by atoms with van der Waals surface area (Å²) in [5, 5.41) is 0. The highest BCUT2D eigenvalue weighted by Gasteiger charge is 2.13. The van der Waals surface area contributed by atoms with Gasteiger partial charge in [-0.3, -0.25) is 0 Å². The lowest BCUT2D eigenvalue weighted by molar-refractivity contribution is 0.340. The van der Waals surface area contributed by atoms with Crippen molar-refractivity contribution < 1.29 is 4.74 Å². The van der Waals surface area contributed by atoms with Crippen molar-refractivity contribution >= 4 is 16.9 Å². The molecule has 0 bridgehead atoms. The first-order valence-electron chi connectivity index (χ1n) is 8.26. The highest BCUT2D eigenvalue weighted by Crippen LogP contribution is 2.25. The fourth-order valence-electron chi connectivity index (χ4n) is 2.68. The number of rotatable bonds is 3. The molecule has 3 aromatic rings. The molecule has 0 unspecified atom stereocenters. The monoisotopic (exact) mass is 326 g/mol. The van der Waals surface area contributed by atoms with E-state index in [1.54, 1.807) is 0 Å². The minimum atomic E-state index is 0.531. The van der Waals surface area contributed by atoms with Crippen LogP contribution in [0.4, 0.5) is 5.82 Å². The Morgan fingerprint density at radius 2 is 1.71 bits per heavy atom. The number of pyridine rings is 1. The maximum atomic E-state index is 5.88. The molecule has 3 rings (SSSR count). The van der Waals surface area contributed by atoms with Crippen molar-refractivity contribution in [1.29, 1.82) is 0 Å². The van der Waals surface area contributed by atoms with E-state index in [9.17, 15) is 0 Å². The second-order valence-corrected chi connectivity index (χ2v) is 5.55. The number of nitrogens with zero attached hydrogens (tertiary/aromatic N) is 3. The summed E-state index contributed by atoms with van der Waals surface area (Å²) in [6.45, 7) is 11.8. The summed E-state index contributed by atoms with van der Waals surface area (Å²) < 4.78 is 7.38. The summed E-state index contributed by atoms with van der Waals surface area (Å²) in [5.74, 6) is 2.47. The van der Waals surface area contributed by atoms with E-state index >= 15 is 0 Å². The van der Waals surface area contributed by atoms with Crippen LogP contribution < -0.4 is 10.5 Å². The van der Waals surface area contributed by atoms with Crippen LogP contribution in [0, 0.1) is 20.8 Å². The maximum absolute atomic E-state index is 5.88. The van der Waals surface area contributed by atoms with Crippen LogP contribution in [0.2, 0.25) is 0 Å². The molecule has 1 aromatic carbocycles. The Kier molecular flexibility index (Phi) is 5.79. The van der Waals surface area contributed by atoms with E-state index in [0.717, 1.165) is 41.5 Å². The van der Waals surface area contributed by atoms with Gasteiger partial charge in [0.2, 0.25) is 0 Å². The second-order valence-electron chi connectivity index (χ2n) is 5.55. The molecule has 2 heterocycles. The molecule has 0 saturated heterocycles. The van der Waals surface area contributed by atoms with Crippen LogP contribution >= 0.6 is 0 Å². The molecular weight excluding hydrogens is 300 g/mol. The van der Waals surface area contributed by atoms with E-state index < -0.39 is 0 Å². The highest BCUT2D eigenvalue weighted by molar-refractivity contribution is 5.88. The van der Waals surface area contributed by atoms with Gasteiger partial charge in [-0.1, -0.05) is 18.2 Å². The Bertz CT molecular complexity index is 809. The first-order valence-corrected chi connectivity index (χ1v) is 8.26. The van der Waals surface area contributed by atoms with Crippen molar-refractivity contribution in [1.82, 2.24) is 14.5 Å². The number of hydrogen-bond donors (Lipinski definition) is 1. The second kappa shape index (κ2) is 7.81. The van der Waals surface area contributed by atoms with Gasteiger partial charge in [0.15, 0.2) is 5.82 Å². The van der Waals surface area contributed by atoms with Crippen molar-refractivity contribution in [2.45, 2.75) is 41.2 Å². The number of fused-ring (bicyclic) bond motifs is 1. The number of aromatic nitrogens is 3. The third-order valence-corrected chi connectivity index (χ3v) is 3.96. The summed E-state index contributed by atoms with van der Waals surface area (Å²) in [7, 11) is 0. The Balaban J connectivity index is 0.000000198. The molecule has 0 aliphatic rings. The van der Waals surface area contributed by atoms with E-state index in [1.165, 1.54) is 5.56 Å². The van der Waals surface area contributed by atoms with Crippen molar-refractivity contribution in [3.05, 3.63) is 47.4 Å². The Morgan fingerprint density at radius 1 is 1.04 bits per heavy atom. The number of benzene rings is 1. The molecule has 0 spiro atoms. The van der Waals surface area contributed by atoms with Crippen molar-refractivity contribution in [2.75, 3.05) is 12.3 Å². The molecule has 5 nitrogen and oxygen atoms in total. The summed E-state index contributed by atoms with van der Waals surface area (Å²) >= 11 is 0. The van der Waals surface area contributed by atoms with Crippen molar-refractivity contribution in [3.8, 4) is 5.75 Å². The lowest BCUT2D eigenvalue weighted by Crippen LogP contribution is -2.01. The van der Waals surface area contributed by atoms with Gasteiger partial charge in [0, 0.05) is 12.2 Å². The largest absolute Gasteiger partial charge is 0.494 e. The number of aryl methyl sites for hydroxylation is 4. The van der Waals surface area contributed by atoms with Gasteiger partial charge in [-0.15, -0.1) is 0 Å². The molecule has 0 aliphatic carbocycles. The number of para-hydroxylation sites is 1. The van der Waals surface area contributed by atoms with Crippen LogP contribution in [-0.2, 0) is 6.54 Å². The third kappa shape index (κ3) is 3.67. The fourth-order valence-corrected chi connectivity index (χ4v) is 2.68. The van der Waals surface area contributed by atoms with Gasteiger partial charge in [-0.05, 0) is 52.3 Å². The molecule has 128 valence electrons. The van der Waals surface area contributed by atoms with Crippen LogP contribution in [0.3, 0.4) is 0 Å². The van der Waals surface area contributed by atoms with Gasteiger partial charge < -0.3 is 15.0 Å². The zero-order chi connectivity index (χ0) is 17.7. The quantitative estimate of drug-likeness (QED) is 0.788. The normalized spacial score (nSPS) is 10.4. The van der Waals surface area contributed by atoms with Gasteiger partial charge in [0.05, 0.1) is 12.1 Å². The molecular formula is C19H26N4O. The van der Waals surface area contributed by atoms with Gasteiger partial charge in [-0.25, -0.2) is 9.97 Å². The molecule has 0 aliphatic heterocycles. The van der Waals surface area contributed by atoms with Crippen LogP contribution in [0.1, 0.15) is 30.9 Å². The van der Waals surface area contributed by atoms with Gasteiger partial charge in [-0.2, -0.15) is 0 Å². The Hall–Kier alpha value is -2.56. The molecule has 5 heteroatoms. The predicted molar refractivity (Wildman–Crippen MR) is 99.4 cm³/mol. The van der Waals surface area contributed by atoms with Crippen LogP contribution in [0.5, 0.6) is 5.75 Å². The summed E-state index contributed by atoms with van der Waals surface area (Å²) in [4.78, 5) is 8.75. The summed E-state index contributed by atoms with van der Waals surface area (Å²) in [6, 6.07) is 9.80. The molecule has 24 heavy (non-hydrogen) atoms. The van der Waals surface area contributed by atoms with Crippen LogP contribution in [0.15, 0.2) is 30.3 Å². The van der Waals surface area contributed by atoms with Gasteiger partial charge in [0.1, 0.15) is 17.1 Å². The Morgan fingerprint density at radius 3 is 2.29 bits per heavy atom. The third-order valence-electron chi connectivity index (χ3n) is 3.96. The highest BCUT2D eigenvalue weighted by atomic mass is 16.5. The van der Waals surface area contributed by atoms with Crippen LogP contribution in [0.25, 0.3) is 11.0 Å². The van der Waals surface area contributed by atoms with E-state index in [1.807, 2.05) is 51.1 Å². The number of ether oxygens (including phenoxy) is 1. The first kappa shape index (κ1) is 17.8. The topological polar surface area (TPSA) is 66.0 Å². The lowest BCUT2D eigenvalue weighted by atomic mass is 10.2. The minimum absolute atomic E-state index is 0.531. The fraction of sp³-hybridized carbons (Fsp3) is 0.368. The molecule has 0 atom stereocenters. The molecule has 0 radical (unpaired) electrons. The van der Waals surface area contributed by atoms with E-state index in [4.69, 9.17) is 10.5 Å². The van der Waals surface area contributed by atoms with E-state index in [-0.39, 0.29) is 0 Å². The Labute approximate surface area is 143 Å². The van der Waals surface area contributed by atoms with Gasteiger partial charge >= 0.3 is 0 Å². The number of nitrogen functional groups attached to an aromatic ring is 1. The van der Waals surface area contributed by atoms with Crippen molar-refractivity contribution in [2.24, 2.45) is 0 Å². The smallest absolute Gasteiger partial charge is 0.151 e. The number of hydrogen-bond acceptors (Lipinski definition) is 4. The summed E-state index contributed by atoms with van der Waals surface area (Å²) in [5.41, 5.74) is 9.98. The van der Waals surface area contributed by atoms with Crippen LogP contribution in [-0.4, -0.2) is 21.1 Å². The van der Waals surface area contributed by atoms with Gasteiger partial charge in [0.25, 0.3) is 0 Å². The van der Waals surface area contributed by atoms with E-state index in [0.29, 0.717) is 5.82 Å². The number of imidazole rings is 1.